The minimum absolute atomic E-state index is 0.0604. The van der Waals surface area contributed by atoms with Crippen LogP contribution in [0.15, 0.2) is 24.3 Å². The number of hydrogen-bond acceptors (Lipinski definition) is 4. The van der Waals surface area contributed by atoms with Crippen LogP contribution < -0.4 is 14.8 Å². The van der Waals surface area contributed by atoms with Crippen molar-refractivity contribution >= 4 is 17.2 Å². The summed E-state index contributed by atoms with van der Waals surface area (Å²) in [5.41, 5.74) is 1.65. The van der Waals surface area contributed by atoms with Crippen LogP contribution in [0.25, 0.3) is 0 Å². The topological polar surface area (TPSA) is 47.6 Å². The molecule has 1 amide bonds. The summed E-state index contributed by atoms with van der Waals surface area (Å²) in [5, 5.41) is 2.93. The third-order valence-corrected chi connectivity index (χ3v) is 4.19. The van der Waals surface area contributed by atoms with Gasteiger partial charge in [0.15, 0.2) is 0 Å². The second-order valence-corrected chi connectivity index (χ2v) is 6.15. The smallest absolute Gasteiger partial charge is 0.252 e. The van der Waals surface area contributed by atoms with Crippen molar-refractivity contribution in [1.82, 2.24) is 5.32 Å². The lowest BCUT2D eigenvalue weighted by Gasteiger charge is -2.11. The first-order chi connectivity index (χ1) is 10.0. The molecule has 0 radical (unpaired) electrons. The fourth-order valence-electron chi connectivity index (χ4n) is 2.12. The van der Waals surface area contributed by atoms with Gasteiger partial charge in [-0.05, 0) is 32.0 Å². The van der Waals surface area contributed by atoms with Gasteiger partial charge in [-0.15, -0.1) is 11.3 Å². The average Bonchev–Trinajstić information content (AvgIpc) is 2.83. The fraction of sp³-hybridized carbons (Fsp3) is 0.312. The number of rotatable bonds is 5. The van der Waals surface area contributed by atoms with Gasteiger partial charge in [0, 0.05) is 27.9 Å². The molecule has 0 atom stereocenters. The number of carbonyl (C=O) groups excluding carboxylic acids is 1. The Morgan fingerprint density at radius 2 is 1.95 bits per heavy atom. The third-order valence-electron chi connectivity index (χ3n) is 3.22. The van der Waals surface area contributed by atoms with Crippen LogP contribution in [0.3, 0.4) is 0 Å². The van der Waals surface area contributed by atoms with Gasteiger partial charge in [-0.2, -0.15) is 0 Å². The Balaban J connectivity index is 2.09. The van der Waals surface area contributed by atoms with E-state index in [2.05, 4.69) is 5.32 Å². The molecule has 0 unspecified atom stereocenters. The molecule has 0 fully saturated rings. The maximum atomic E-state index is 12.2. The molecule has 2 aromatic rings. The van der Waals surface area contributed by atoms with Crippen LogP contribution >= 0.6 is 11.3 Å². The quantitative estimate of drug-likeness (QED) is 0.922. The third kappa shape index (κ3) is 3.55. The van der Waals surface area contributed by atoms with Gasteiger partial charge in [-0.1, -0.05) is 0 Å². The molecule has 21 heavy (non-hydrogen) atoms. The SMILES string of the molecule is COc1ccc(CNC(=O)c2cc(C)sc2C)c(OC)c1. The molecule has 4 nitrogen and oxygen atoms in total. The predicted molar refractivity (Wildman–Crippen MR) is 84.5 cm³/mol. The van der Waals surface area contributed by atoms with E-state index in [0.29, 0.717) is 12.3 Å². The zero-order valence-electron chi connectivity index (χ0n) is 12.6. The first-order valence-corrected chi connectivity index (χ1v) is 7.43. The number of aryl methyl sites for hydroxylation is 2. The van der Waals surface area contributed by atoms with Crippen LogP contribution in [0.5, 0.6) is 11.5 Å². The molecule has 5 heteroatoms. The molecule has 0 aliphatic heterocycles. The first-order valence-electron chi connectivity index (χ1n) is 6.61. The van der Waals surface area contributed by atoms with Gasteiger partial charge in [0.2, 0.25) is 0 Å². The molecule has 1 N–H and O–H groups in total. The Morgan fingerprint density at radius 3 is 2.52 bits per heavy atom. The largest absolute Gasteiger partial charge is 0.497 e. The maximum Gasteiger partial charge on any atom is 0.252 e. The first kappa shape index (κ1) is 15.4. The molecule has 112 valence electrons. The van der Waals surface area contributed by atoms with E-state index in [1.807, 2.05) is 38.1 Å². The van der Waals surface area contributed by atoms with Gasteiger partial charge in [-0.25, -0.2) is 0 Å². The number of carbonyl (C=O) groups is 1. The average molecular weight is 305 g/mol. The molecule has 0 aliphatic rings. The van der Waals surface area contributed by atoms with Crippen LogP contribution in [-0.2, 0) is 6.54 Å². The van der Waals surface area contributed by atoms with Gasteiger partial charge in [0.05, 0.1) is 19.8 Å². The molecule has 0 spiro atoms. The van der Waals surface area contributed by atoms with E-state index >= 15 is 0 Å². The predicted octanol–water partition coefficient (Wildman–Crippen LogP) is 3.31. The summed E-state index contributed by atoms with van der Waals surface area (Å²) in [4.78, 5) is 14.4. The summed E-state index contributed by atoms with van der Waals surface area (Å²) < 4.78 is 10.5. The number of methoxy groups -OCH3 is 2. The zero-order chi connectivity index (χ0) is 15.4. The molecule has 1 heterocycles. The van der Waals surface area contributed by atoms with Crippen LogP contribution in [0.2, 0.25) is 0 Å². The van der Waals surface area contributed by atoms with Gasteiger partial charge < -0.3 is 14.8 Å². The van der Waals surface area contributed by atoms with Crippen molar-refractivity contribution < 1.29 is 14.3 Å². The van der Waals surface area contributed by atoms with Gasteiger partial charge in [-0.3, -0.25) is 4.79 Å². The van der Waals surface area contributed by atoms with Crippen LogP contribution in [0.4, 0.5) is 0 Å². The molecular formula is C16H19NO3S. The zero-order valence-corrected chi connectivity index (χ0v) is 13.5. The van der Waals surface area contributed by atoms with Crippen molar-refractivity contribution in [2.75, 3.05) is 14.2 Å². The van der Waals surface area contributed by atoms with Crippen LogP contribution in [0, 0.1) is 13.8 Å². The Bertz CT molecular complexity index is 649. The molecule has 0 aliphatic carbocycles. The summed E-state index contributed by atoms with van der Waals surface area (Å²) in [6, 6.07) is 7.47. The van der Waals surface area contributed by atoms with Crippen molar-refractivity contribution in [2.24, 2.45) is 0 Å². The van der Waals surface area contributed by atoms with E-state index in [1.165, 1.54) is 0 Å². The molecular weight excluding hydrogens is 286 g/mol. The summed E-state index contributed by atoms with van der Waals surface area (Å²) in [5.74, 6) is 1.37. The number of thiophene rings is 1. The van der Waals surface area contributed by atoms with E-state index in [4.69, 9.17) is 9.47 Å². The van der Waals surface area contributed by atoms with Crippen molar-refractivity contribution in [1.29, 1.82) is 0 Å². The van der Waals surface area contributed by atoms with Crippen LogP contribution in [-0.4, -0.2) is 20.1 Å². The molecule has 2 rings (SSSR count). The second kappa shape index (κ2) is 6.63. The van der Waals surface area contributed by atoms with E-state index in [9.17, 15) is 4.79 Å². The Hall–Kier alpha value is -2.01. The summed E-state index contributed by atoms with van der Waals surface area (Å²) >= 11 is 1.63. The molecule has 0 bridgehead atoms. The van der Waals surface area contributed by atoms with Gasteiger partial charge in [0.25, 0.3) is 5.91 Å². The Kier molecular flexibility index (Phi) is 4.85. The number of amides is 1. The van der Waals surface area contributed by atoms with E-state index in [-0.39, 0.29) is 5.91 Å². The fourth-order valence-corrected chi connectivity index (χ4v) is 3.05. The molecule has 1 aromatic heterocycles. The molecule has 0 saturated carbocycles. The number of benzene rings is 1. The maximum absolute atomic E-state index is 12.2. The van der Waals surface area contributed by atoms with Crippen LogP contribution in [0.1, 0.15) is 25.7 Å². The standard InChI is InChI=1S/C16H19NO3S/c1-10-7-14(11(2)21-10)16(18)17-9-12-5-6-13(19-3)8-15(12)20-4/h5-8H,9H2,1-4H3,(H,17,18). The summed E-state index contributed by atoms with van der Waals surface area (Å²) in [6.45, 7) is 4.38. The monoisotopic (exact) mass is 305 g/mol. The summed E-state index contributed by atoms with van der Waals surface area (Å²) in [7, 11) is 3.21. The summed E-state index contributed by atoms with van der Waals surface area (Å²) in [6.07, 6.45) is 0. The number of ether oxygens (including phenoxy) is 2. The van der Waals surface area contributed by atoms with Gasteiger partial charge in [0.1, 0.15) is 11.5 Å². The minimum atomic E-state index is -0.0604. The highest BCUT2D eigenvalue weighted by atomic mass is 32.1. The van der Waals surface area contributed by atoms with Crippen molar-refractivity contribution in [2.45, 2.75) is 20.4 Å². The minimum Gasteiger partial charge on any atom is -0.497 e. The highest BCUT2D eigenvalue weighted by Crippen LogP contribution is 2.25. The molecule has 1 aromatic carbocycles. The highest BCUT2D eigenvalue weighted by molar-refractivity contribution is 7.12. The second-order valence-electron chi connectivity index (χ2n) is 4.69. The normalized spacial score (nSPS) is 10.3. The Morgan fingerprint density at radius 1 is 1.19 bits per heavy atom. The lowest BCUT2D eigenvalue weighted by molar-refractivity contribution is 0.0950. The van der Waals surface area contributed by atoms with Crippen molar-refractivity contribution in [3.63, 3.8) is 0 Å². The van der Waals surface area contributed by atoms with E-state index < -0.39 is 0 Å². The molecule has 0 saturated heterocycles. The van der Waals surface area contributed by atoms with Crippen molar-refractivity contribution in [3.8, 4) is 11.5 Å². The lowest BCUT2D eigenvalue weighted by Crippen LogP contribution is -2.23. The Labute approximate surface area is 128 Å². The number of nitrogens with one attached hydrogen (secondary N) is 1. The van der Waals surface area contributed by atoms with E-state index in [0.717, 1.165) is 26.6 Å². The van der Waals surface area contributed by atoms with Gasteiger partial charge >= 0.3 is 0 Å². The highest BCUT2D eigenvalue weighted by Gasteiger charge is 2.13. The number of hydrogen-bond donors (Lipinski definition) is 1. The van der Waals surface area contributed by atoms with Crippen molar-refractivity contribution in [3.05, 3.63) is 45.1 Å². The lowest BCUT2D eigenvalue weighted by atomic mass is 10.1. The van der Waals surface area contributed by atoms with E-state index in [1.54, 1.807) is 25.6 Å².